The van der Waals surface area contributed by atoms with Crippen molar-refractivity contribution < 1.29 is 9.59 Å². The molecule has 2 unspecified atom stereocenters. The van der Waals surface area contributed by atoms with Gasteiger partial charge in [-0.2, -0.15) is 0 Å². The Morgan fingerprint density at radius 2 is 2.00 bits per heavy atom. The summed E-state index contributed by atoms with van der Waals surface area (Å²) in [4.78, 5) is 25.8. The number of piperazine rings is 1. The average Bonchev–Trinajstić information content (AvgIpc) is 2.40. The van der Waals surface area contributed by atoms with E-state index in [4.69, 9.17) is 6.42 Å². The van der Waals surface area contributed by atoms with Gasteiger partial charge in [0.1, 0.15) is 12.1 Å². The van der Waals surface area contributed by atoms with Gasteiger partial charge in [0.2, 0.25) is 11.8 Å². The molecule has 1 saturated heterocycles. The van der Waals surface area contributed by atoms with Crippen LogP contribution in [-0.4, -0.2) is 35.3 Å². The monoisotopic (exact) mass is 248 g/mol. The molecular weight excluding hydrogens is 228 g/mol. The average molecular weight is 248 g/mol. The number of terminal acetylenes is 1. The van der Waals surface area contributed by atoms with Crippen LogP contribution in [0.25, 0.3) is 0 Å². The standard InChI is InChI=1S/C14H20N2O2/c1-3-9-16-10(2)13(17)15-12(14(16)18)11-7-5-4-6-8-11/h1,10-12H,4-9H2,2H3,(H,15,17). The maximum absolute atomic E-state index is 12.4. The molecule has 2 atom stereocenters. The van der Waals surface area contributed by atoms with E-state index < -0.39 is 6.04 Å². The zero-order valence-corrected chi connectivity index (χ0v) is 10.8. The van der Waals surface area contributed by atoms with Crippen molar-refractivity contribution in [3.05, 3.63) is 0 Å². The van der Waals surface area contributed by atoms with E-state index >= 15 is 0 Å². The number of carbonyl (C=O) groups excluding carboxylic acids is 2. The zero-order valence-electron chi connectivity index (χ0n) is 10.8. The Morgan fingerprint density at radius 1 is 1.33 bits per heavy atom. The molecule has 1 N–H and O–H groups in total. The molecule has 2 fully saturated rings. The van der Waals surface area contributed by atoms with Gasteiger partial charge >= 0.3 is 0 Å². The van der Waals surface area contributed by atoms with Crippen molar-refractivity contribution in [2.24, 2.45) is 5.92 Å². The van der Waals surface area contributed by atoms with Crippen LogP contribution in [0.1, 0.15) is 39.0 Å². The van der Waals surface area contributed by atoms with Crippen molar-refractivity contribution >= 4 is 11.8 Å². The number of nitrogens with zero attached hydrogens (tertiary/aromatic N) is 1. The minimum absolute atomic E-state index is 0.00745. The predicted octanol–water partition coefficient (Wildman–Crippen LogP) is 0.915. The predicted molar refractivity (Wildman–Crippen MR) is 68.5 cm³/mol. The van der Waals surface area contributed by atoms with E-state index in [1.54, 1.807) is 6.92 Å². The van der Waals surface area contributed by atoms with Crippen LogP contribution in [0.4, 0.5) is 0 Å². The van der Waals surface area contributed by atoms with Crippen molar-refractivity contribution in [1.82, 2.24) is 10.2 Å². The topological polar surface area (TPSA) is 49.4 Å². The molecule has 1 saturated carbocycles. The summed E-state index contributed by atoms with van der Waals surface area (Å²) < 4.78 is 0. The Hall–Kier alpha value is -1.50. The van der Waals surface area contributed by atoms with E-state index in [2.05, 4.69) is 11.2 Å². The molecule has 2 aliphatic rings. The summed E-state index contributed by atoms with van der Waals surface area (Å²) in [6.45, 7) is 1.94. The fraction of sp³-hybridized carbons (Fsp3) is 0.714. The molecule has 4 heteroatoms. The summed E-state index contributed by atoms with van der Waals surface area (Å²) in [5, 5.41) is 2.88. The summed E-state index contributed by atoms with van der Waals surface area (Å²) in [5.74, 6) is 2.66. The lowest BCUT2D eigenvalue weighted by Crippen LogP contribution is -2.64. The lowest BCUT2D eigenvalue weighted by atomic mass is 9.82. The van der Waals surface area contributed by atoms with Crippen LogP contribution in [0.2, 0.25) is 0 Å². The van der Waals surface area contributed by atoms with Crippen LogP contribution in [0.15, 0.2) is 0 Å². The fourth-order valence-electron chi connectivity index (χ4n) is 2.95. The lowest BCUT2D eigenvalue weighted by Gasteiger charge is -2.40. The third kappa shape index (κ3) is 2.35. The van der Waals surface area contributed by atoms with Crippen LogP contribution in [0, 0.1) is 18.3 Å². The van der Waals surface area contributed by atoms with Crippen LogP contribution in [0.5, 0.6) is 0 Å². The highest BCUT2D eigenvalue weighted by Gasteiger charge is 2.41. The summed E-state index contributed by atoms with van der Waals surface area (Å²) in [7, 11) is 0. The van der Waals surface area contributed by atoms with E-state index in [0.29, 0.717) is 0 Å². The normalized spacial score (nSPS) is 29.9. The van der Waals surface area contributed by atoms with Gasteiger partial charge in [-0.1, -0.05) is 25.2 Å². The maximum atomic E-state index is 12.4. The Morgan fingerprint density at radius 3 is 2.61 bits per heavy atom. The van der Waals surface area contributed by atoms with Gasteiger partial charge in [-0.3, -0.25) is 9.59 Å². The quantitative estimate of drug-likeness (QED) is 0.739. The first-order chi connectivity index (χ1) is 8.65. The largest absolute Gasteiger partial charge is 0.342 e. The molecule has 2 amide bonds. The smallest absolute Gasteiger partial charge is 0.246 e. The second-order valence-electron chi connectivity index (χ2n) is 5.23. The molecular formula is C14H20N2O2. The van der Waals surface area contributed by atoms with Gasteiger partial charge in [-0.15, -0.1) is 6.42 Å². The highest BCUT2D eigenvalue weighted by atomic mass is 16.2. The SMILES string of the molecule is C#CCN1C(=O)C(C2CCCCC2)NC(=O)C1C. The zero-order chi connectivity index (χ0) is 13.1. The Kier molecular flexibility index (Phi) is 3.90. The first-order valence-corrected chi connectivity index (χ1v) is 6.69. The Bertz CT molecular complexity index is 380. The van der Waals surface area contributed by atoms with Gasteiger partial charge < -0.3 is 10.2 Å². The van der Waals surface area contributed by atoms with Crippen LogP contribution in [-0.2, 0) is 9.59 Å². The molecule has 0 aromatic rings. The molecule has 0 radical (unpaired) electrons. The van der Waals surface area contributed by atoms with Crippen LogP contribution >= 0.6 is 0 Å². The van der Waals surface area contributed by atoms with Gasteiger partial charge in [-0.05, 0) is 25.7 Å². The van der Waals surface area contributed by atoms with Gasteiger partial charge in [0, 0.05) is 0 Å². The molecule has 1 aliphatic heterocycles. The number of hydrogen-bond acceptors (Lipinski definition) is 2. The molecule has 0 aromatic carbocycles. The number of hydrogen-bond donors (Lipinski definition) is 1. The molecule has 0 spiro atoms. The molecule has 0 aromatic heterocycles. The molecule has 2 rings (SSSR count). The van der Waals surface area contributed by atoms with Crippen molar-refractivity contribution in [2.45, 2.75) is 51.1 Å². The third-order valence-electron chi connectivity index (χ3n) is 4.08. The molecule has 4 nitrogen and oxygen atoms in total. The van der Waals surface area contributed by atoms with Gasteiger partial charge in [-0.25, -0.2) is 0 Å². The van der Waals surface area contributed by atoms with Crippen LogP contribution < -0.4 is 5.32 Å². The van der Waals surface area contributed by atoms with Crippen molar-refractivity contribution in [3.63, 3.8) is 0 Å². The van der Waals surface area contributed by atoms with Crippen LogP contribution in [0.3, 0.4) is 0 Å². The van der Waals surface area contributed by atoms with E-state index in [1.165, 1.54) is 11.3 Å². The Labute approximate surface area is 108 Å². The second kappa shape index (κ2) is 5.43. The first-order valence-electron chi connectivity index (χ1n) is 6.69. The summed E-state index contributed by atoms with van der Waals surface area (Å²) >= 11 is 0. The number of nitrogens with one attached hydrogen (secondary N) is 1. The fourth-order valence-corrected chi connectivity index (χ4v) is 2.95. The van der Waals surface area contributed by atoms with E-state index in [9.17, 15) is 9.59 Å². The highest BCUT2D eigenvalue weighted by molar-refractivity contribution is 5.97. The first kappa shape index (κ1) is 12.9. The second-order valence-corrected chi connectivity index (χ2v) is 5.23. The summed E-state index contributed by atoms with van der Waals surface area (Å²) in [5.41, 5.74) is 0. The van der Waals surface area contributed by atoms with Crippen molar-refractivity contribution in [3.8, 4) is 12.3 Å². The van der Waals surface area contributed by atoms with E-state index in [1.807, 2.05) is 0 Å². The van der Waals surface area contributed by atoms with Gasteiger partial charge in [0.25, 0.3) is 0 Å². The lowest BCUT2D eigenvalue weighted by molar-refractivity contribution is -0.149. The highest BCUT2D eigenvalue weighted by Crippen LogP contribution is 2.29. The minimum atomic E-state index is -0.451. The van der Waals surface area contributed by atoms with E-state index in [0.717, 1.165) is 25.7 Å². The molecule has 98 valence electrons. The molecule has 0 bridgehead atoms. The number of rotatable bonds is 2. The van der Waals surface area contributed by atoms with Crippen molar-refractivity contribution in [2.75, 3.05) is 6.54 Å². The summed E-state index contributed by atoms with van der Waals surface area (Å²) in [6, 6.07) is -0.809. The minimum Gasteiger partial charge on any atom is -0.342 e. The molecule has 1 heterocycles. The third-order valence-corrected chi connectivity index (χ3v) is 4.08. The van der Waals surface area contributed by atoms with Gasteiger partial charge in [0.05, 0.1) is 6.54 Å². The van der Waals surface area contributed by atoms with E-state index in [-0.39, 0.29) is 30.3 Å². The molecule has 18 heavy (non-hydrogen) atoms. The molecule has 1 aliphatic carbocycles. The van der Waals surface area contributed by atoms with Crippen molar-refractivity contribution in [1.29, 1.82) is 0 Å². The van der Waals surface area contributed by atoms with Gasteiger partial charge in [0.15, 0.2) is 0 Å². The number of carbonyl (C=O) groups is 2. The number of amides is 2. The maximum Gasteiger partial charge on any atom is 0.246 e. The Balaban J connectivity index is 2.13. The summed E-state index contributed by atoms with van der Waals surface area (Å²) in [6.07, 6.45) is 10.9.